The van der Waals surface area contributed by atoms with E-state index in [1.807, 2.05) is 0 Å². The van der Waals surface area contributed by atoms with Crippen molar-refractivity contribution in [2.45, 2.75) is 51.9 Å². The Hall–Kier alpha value is -3.15. The summed E-state index contributed by atoms with van der Waals surface area (Å²) in [6.07, 6.45) is 6.62. The average Bonchev–Trinajstić information content (AvgIpc) is 2.75. The highest BCUT2D eigenvalue weighted by atomic mass is 17.2. The lowest BCUT2D eigenvalue weighted by Crippen LogP contribution is -2.15. The molecule has 0 amide bonds. The van der Waals surface area contributed by atoms with Crippen LogP contribution in [-0.4, -0.2) is 17.9 Å². The molecular formula is C23H26O6. The highest BCUT2D eigenvalue weighted by molar-refractivity contribution is 5.94. The van der Waals surface area contributed by atoms with E-state index in [-0.39, 0.29) is 23.3 Å². The Bertz CT molecular complexity index is 800. The molecule has 6 heteroatoms. The van der Waals surface area contributed by atoms with Gasteiger partial charge in [-0.3, -0.25) is 4.79 Å². The fourth-order valence-electron chi connectivity index (χ4n) is 2.69. The van der Waals surface area contributed by atoms with Crippen molar-refractivity contribution in [2.24, 2.45) is 0 Å². The first-order chi connectivity index (χ1) is 14.1. The maximum absolute atomic E-state index is 12.3. The van der Waals surface area contributed by atoms with Crippen LogP contribution in [0.2, 0.25) is 0 Å². The van der Waals surface area contributed by atoms with Crippen LogP contribution >= 0.6 is 0 Å². The van der Waals surface area contributed by atoms with Crippen molar-refractivity contribution in [3.8, 4) is 5.75 Å². The van der Waals surface area contributed by atoms with Gasteiger partial charge in [-0.25, -0.2) is 19.4 Å². The maximum atomic E-state index is 12.3. The Morgan fingerprint density at radius 1 is 0.724 bits per heavy atom. The fourth-order valence-corrected chi connectivity index (χ4v) is 2.69. The van der Waals surface area contributed by atoms with E-state index >= 15 is 0 Å². The van der Waals surface area contributed by atoms with Gasteiger partial charge in [0.25, 0.3) is 0 Å². The van der Waals surface area contributed by atoms with E-state index in [4.69, 9.17) is 4.74 Å². The van der Waals surface area contributed by atoms with Gasteiger partial charge in [0.05, 0.1) is 5.56 Å². The number of unbranched alkanes of at least 4 members (excludes halogenated alkanes) is 5. The molecule has 0 N–H and O–H groups in total. The highest BCUT2D eigenvalue weighted by Gasteiger charge is 2.19. The van der Waals surface area contributed by atoms with E-state index in [1.54, 1.807) is 30.3 Å². The Morgan fingerprint density at radius 3 is 2.10 bits per heavy atom. The van der Waals surface area contributed by atoms with Gasteiger partial charge in [-0.2, -0.15) is 0 Å². The second kappa shape index (κ2) is 12.3. The lowest BCUT2D eigenvalue weighted by molar-refractivity contribution is -0.187. The number of hydrogen-bond donors (Lipinski definition) is 0. The van der Waals surface area contributed by atoms with Crippen molar-refractivity contribution >= 4 is 17.9 Å². The smallest absolute Gasteiger partial charge is 0.390 e. The first kappa shape index (κ1) is 22.1. The van der Waals surface area contributed by atoms with Crippen molar-refractivity contribution in [1.82, 2.24) is 0 Å². The molecule has 2 aromatic rings. The maximum Gasteiger partial charge on any atom is 0.390 e. The van der Waals surface area contributed by atoms with Gasteiger partial charge in [-0.1, -0.05) is 69.4 Å². The minimum absolute atomic E-state index is 0.00431. The van der Waals surface area contributed by atoms with Gasteiger partial charge in [0, 0.05) is 6.42 Å². The Kier molecular flexibility index (Phi) is 9.42. The third kappa shape index (κ3) is 7.78. The molecule has 2 aromatic carbocycles. The number of carbonyl (C=O) groups excluding carboxylic acids is 3. The van der Waals surface area contributed by atoms with Crippen LogP contribution in [-0.2, 0) is 14.6 Å². The zero-order valence-electron chi connectivity index (χ0n) is 16.6. The Labute approximate surface area is 170 Å². The normalized spacial score (nSPS) is 10.2. The number of para-hydroxylation sites is 1. The third-order valence-corrected chi connectivity index (χ3v) is 4.27. The fraction of sp³-hybridized carbons (Fsp3) is 0.348. The van der Waals surface area contributed by atoms with Crippen LogP contribution in [0.5, 0.6) is 5.75 Å². The summed E-state index contributed by atoms with van der Waals surface area (Å²) < 4.78 is 5.31. The van der Waals surface area contributed by atoms with Crippen LogP contribution in [0.25, 0.3) is 0 Å². The van der Waals surface area contributed by atoms with E-state index < -0.39 is 17.9 Å². The molecule has 0 aromatic heterocycles. The molecule has 0 aliphatic carbocycles. The molecule has 0 aliphatic rings. The molecule has 154 valence electrons. The molecule has 0 spiro atoms. The highest BCUT2D eigenvalue weighted by Crippen LogP contribution is 2.20. The second-order valence-corrected chi connectivity index (χ2v) is 6.60. The molecule has 0 saturated heterocycles. The molecule has 0 bridgehead atoms. The summed E-state index contributed by atoms with van der Waals surface area (Å²) in [6.45, 7) is 2.16. The van der Waals surface area contributed by atoms with Crippen LogP contribution < -0.4 is 4.74 Å². The molecule has 0 aliphatic heterocycles. The summed E-state index contributed by atoms with van der Waals surface area (Å²) in [6, 6.07) is 14.3. The summed E-state index contributed by atoms with van der Waals surface area (Å²) in [4.78, 5) is 45.4. The van der Waals surface area contributed by atoms with Crippen molar-refractivity contribution in [3.63, 3.8) is 0 Å². The van der Waals surface area contributed by atoms with Crippen LogP contribution in [0.1, 0.15) is 72.6 Å². The number of ether oxygens (including phenoxy) is 1. The quantitative estimate of drug-likeness (QED) is 0.178. The first-order valence-corrected chi connectivity index (χ1v) is 9.89. The monoisotopic (exact) mass is 398 g/mol. The van der Waals surface area contributed by atoms with Crippen molar-refractivity contribution < 1.29 is 28.9 Å². The molecule has 6 nitrogen and oxygen atoms in total. The molecule has 0 radical (unpaired) electrons. The number of esters is 1. The summed E-state index contributed by atoms with van der Waals surface area (Å²) in [5, 5.41) is 0. The van der Waals surface area contributed by atoms with E-state index in [9.17, 15) is 14.4 Å². The predicted octanol–water partition coefficient (Wildman–Crippen LogP) is 5.27. The summed E-state index contributed by atoms with van der Waals surface area (Å²) >= 11 is 0. The number of carbonyl (C=O) groups is 3. The predicted molar refractivity (Wildman–Crippen MR) is 107 cm³/mol. The average molecular weight is 398 g/mol. The SMILES string of the molecule is CCCCCCCCC(=O)Oc1ccccc1C(=O)OOC(=O)c1ccccc1. The summed E-state index contributed by atoms with van der Waals surface area (Å²) in [7, 11) is 0. The third-order valence-electron chi connectivity index (χ3n) is 4.27. The summed E-state index contributed by atoms with van der Waals surface area (Å²) in [5.74, 6) is -2.06. The number of hydrogen-bond acceptors (Lipinski definition) is 6. The Morgan fingerprint density at radius 2 is 1.34 bits per heavy atom. The van der Waals surface area contributed by atoms with Gasteiger partial charge < -0.3 is 4.74 Å². The topological polar surface area (TPSA) is 78.9 Å². The van der Waals surface area contributed by atoms with Gasteiger partial charge in [0.15, 0.2) is 0 Å². The molecule has 0 saturated carbocycles. The van der Waals surface area contributed by atoms with Gasteiger partial charge in [0.2, 0.25) is 0 Å². The van der Waals surface area contributed by atoms with Gasteiger partial charge in [0.1, 0.15) is 11.3 Å². The first-order valence-electron chi connectivity index (χ1n) is 9.89. The lowest BCUT2D eigenvalue weighted by Gasteiger charge is -2.09. The molecular weight excluding hydrogens is 372 g/mol. The van der Waals surface area contributed by atoms with Gasteiger partial charge in [-0.05, 0) is 30.7 Å². The standard InChI is InChI=1S/C23H26O6/c1-2-3-4-5-6-10-17-21(24)27-20-16-12-11-15-19(20)23(26)29-28-22(25)18-13-8-7-9-14-18/h7-9,11-16H,2-6,10,17H2,1H3. The van der Waals surface area contributed by atoms with Crippen LogP contribution in [0.15, 0.2) is 54.6 Å². The summed E-state index contributed by atoms with van der Waals surface area (Å²) in [5.41, 5.74) is 0.253. The van der Waals surface area contributed by atoms with E-state index in [1.165, 1.54) is 43.5 Å². The van der Waals surface area contributed by atoms with Crippen LogP contribution in [0.3, 0.4) is 0 Å². The molecule has 0 fully saturated rings. The van der Waals surface area contributed by atoms with Crippen LogP contribution in [0.4, 0.5) is 0 Å². The minimum atomic E-state index is -0.919. The van der Waals surface area contributed by atoms with Crippen LogP contribution in [0, 0.1) is 0 Å². The largest absolute Gasteiger partial charge is 0.426 e. The minimum Gasteiger partial charge on any atom is -0.426 e. The van der Waals surface area contributed by atoms with Crippen molar-refractivity contribution in [2.75, 3.05) is 0 Å². The van der Waals surface area contributed by atoms with E-state index in [2.05, 4.69) is 16.7 Å². The van der Waals surface area contributed by atoms with Gasteiger partial charge >= 0.3 is 17.9 Å². The zero-order valence-corrected chi connectivity index (χ0v) is 16.6. The molecule has 0 heterocycles. The molecule has 0 atom stereocenters. The van der Waals surface area contributed by atoms with Gasteiger partial charge in [-0.15, -0.1) is 0 Å². The number of benzene rings is 2. The molecule has 29 heavy (non-hydrogen) atoms. The zero-order chi connectivity index (χ0) is 20.9. The Balaban J connectivity index is 1.84. The van der Waals surface area contributed by atoms with Crippen molar-refractivity contribution in [1.29, 1.82) is 0 Å². The van der Waals surface area contributed by atoms with Crippen molar-refractivity contribution in [3.05, 3.63) is 65.7 Å². The van der Waals surface area contributed by atoms with E-state index in [0.29, 0.717) is 0 Å². The lowest BCUT2D eigenvalue weighted by atomic mass is 10.1. The van der Waals surface area contributed by atoms with E-state index in [0.717, 1.165) is 19.3 Å². The molecule has 0 unspecified atom stereocenters. The molecule has 2 rings (SSSR count). The second-order valence-electron chi connectivity index (χ2n) is 6.60. The number of rotatable bonds is 10.